The minimum Gasteiger partial charge on any atom is -0.329 e. The van der Waals surface area contributed by atoms with E-state index in [0.717, 1.165) is 12.5 Å². The highest BCUT2D eigenvalue weighted by Gasteiger charge is 2.19. The molecule has 72 valence electrons. The summed E-state index contributed by atoms with van der Waals surface area (Å²) in [7, 11) is 0. The van der Waals surface area contributed by atoms with Crippen LogP contribution in [0.2, 0.25) is 0 Å². The van der Waals surface area contributed by atoms with E-state index in [1.54, 1.807) is 0 Å². The first-order valence-electron chi connectivity index (χ1n) is 5.17. The Hall–Kier alpha value is -0.0800. The molecule has 0 radical (unpaired) electrons. The van der Waals surface area contributed by atoms with Gasteiger partial charge in [-0.05, 0) is 31.2 Å². The highest BCUT2D eigenvalue weighted by atomic mass is 14.9. The summed E-state index contributed by atoms with van der Waals surface area (Å²) in [4.78, 5) is 0. The lowest BCUT2D eigenvalue weighted by Gasteiger charge is -2.29. The van der Waals surface area contributed by atoms with E-state index >= 15 is 0 Å². The molecule has 0 amide bonds. The lowest BCUT2D eigenvalue weighted by atomic mass is 9.85. The van der Waals surface area contributed by atoms with E-state index in [2.05, 4.69) is 19.2 Å². The zero-order chi connectivity index (χ0) is 8.97. The number of hydrogen-bond acceptors (Lipinski definition) is 2. The van der Waals surface area contributed by atoms with Gasteiger partial charge in [0.25, 0.3) is 0 Å². The lowest BCUT2D eigenvalue weighted by Crippen LogP contribution is -2.43. The van der Waals surface area contributed by atoms with Gasteiger partial charge in [-0.3, -0.25) is 0 Å². The minimum atomic E-state index is 0.519. The third-order valence-corrected chi connectivity index (χ3v) is 2.95. The van der Waals surface area contributed by atoms with E-state index in [1.165, 1.54) is 25.8 Å². The summed E-state index contributed by atoms with van der Waals surface area (Å²) < 4.78 is 0. The fourth-order valence-electron chi connectivity index (χ4n) is 1.61. The largest absolute Gasteiger partial charge is 0.329 e. The van der Waals surface area contributed by atoms with E-state index in [0.29, 0.717) is 12.0 Å². The lowest BCUT2D eigenvalue weighted by molar-refractivity contribution is 0.274. The molecule has 1 rings (SSSR count). The Balaban J connectivity index is 2.09. The highest BCUT2D eigenvalue weighted by molar-refractivity contribution is 4.77. The monoisotopic (exact) mass is 170 g/mol. The third kappa shape index (κ3) is 2.76. The minimum absolute atomic E-state index is 0.519. The normalized spacial score (nSPS) is 21.0. The number of nitrogens with two attached hydrogens (primary N) is 1. The van der Waals surface area contributed by atoms with E-state index in [9.17, 15) is 0 Å². The zero-order valence-electron chi connectivity index (χ0n) is 8.34. The second kappa shape index (κ2) is 4.83. The molecule has 3 N–H and O–H groups in total. The predicted octanol–water partition coefficient (Wildman–Crippen LogP) is 1.36. The van der Waals surface area contributed by atoms with Crippen LogP contribution in [0, 0.1) is 11.8 Å². The maximum atomic E-state index is 5.66. The molecule has 0 saturated heterocycles. The Labute approximate surface area is 75.9 Å². The van der Waals surface area contributed by atoms with Crippen molar-refractivity contribution in [2.45, 2.75) is 39.2 Å². The fraction of sp³-hybridized carbons (Fsp3) is 1.00. The third-order valence-electron chi connectivity index (χ3n) is 2.95. The molecule has 1 atom stereocenters. The smallest absolute Gasteiger partial charge is 0.0213 e. The first-order chi connectivity index (χ1) is 5.74. The molecule has 0 spiro atoms. The van der Waals surface area contributed by atoms with Crippen molar-refractivity contribution in [1.29, 1.82) is 0 Å². The van der Waals surface area contributed by atoms with Crippen molar-refractivity contribution >= 4 is 0 Å². The molecule has 2 nitrogen and oxygen atoms in total. The number of rotatable bonds is 5. The second-order valence-corrected chi connectivity index (χ2v) is 4.29. The van der Waals surface area contributed by atoms with Crippen LogP contribution in [-0.4, -0.2) is 19.1 Å². The van der Waals surface area contributed by atoms with Gasteiger partial charge in [0.15, 0.2) is 0 Å². The topological polar surface area (TPSA) is 38.0 Å². The van der Waals surface area contributed by atoms with Gasteiger partial charge in [-0.2, -0.15) is 0 Å². The van der Waals surface area contributed by atoms with E-state index in [1.807, 2.05) is 0 Å². The molecular formula is C10H22N2. The first kappa shape index (κ1) is 10.0. The van der Waals surface area contributed by atoms with Crippen LogP contribution >= 0.6 is 0 Å². The van der Waals surface area contributed by atoms with Crippen molar-refractivity contribution in [2.75, 3.05) is 13.1 Å². The first-order valence-corrected chi connectivity index (χ1v) is 5.17. The summed E-state index contributed by atoms with van der Waals surface area (Å²) in [6.07, 6.45) is 4.27. The molecule has 12 heavy (non-hydrogen) atoms. The summed E-state index contributed by atoms with van der Waals surface area (Å²) in [6, 6.07) is 0.519. The molecule has 1 aliphatic carbocycles. The Kier molecular flexibility index (Phi) is 4.02. The number of nitrogens with one attached hydrogen (secondary N) is 1. The van der Waals surface area contributed by atoms with Gasteiger partial charge < -0.3 is 11.1 Å². The van der Waals surface area contributed by atoms with Gasteiger partial charge in [0.05, 0.1) is 0 Å². The maximum Gasteiger partial charge on any atom is 0.0213 e. The molecule has 0 aliphatic heterocycles. The van der Waals surface area contributed by atoms with Crippen LogP contribution in [0.4, 0.5) is 0 Å². The summed E-state index contributed by atoms with van der Waals surface area (Å²) in [5, 5.41) is 3.55. The van der Waals surface area contributed by atoms with Gasteiger partial charge in [-0.1, -0.05) is 20.3 Å². The summed E-state index contributed by atoms with van der Waals surface area (Å²) in [5.41, 5.74) is 5.66. The second-order valence-electron chi connectivity index (χ2n) is 4.29. The molecule has 0 aromatic heterocycles. The van der Waals surface area contributed by atoms with E-state index in [4.69, 9.17) is 5.73 Å². The molecule has 0 bridgehead atoms. The average Bonchev–Trinajstić information content (AvgIpc) is 1.93. The fourth-order valence-corrected chi connectivity index (χ4v) is 1.61. The Morgan fingerprint density at radius 1 is 1.42 bits per heavy atom. The Bertz CT molecular complexity index is 119. The van der Waals surface area contributed by atoms with Crippen LogP contribution in [0.3, 0.4) is 0 Å². The SMILES string of the molecule is CC(C)C(CN)NCC1CCC1. The highest BCUT2D eigenvalue weighted by Crippen LogP contribution is 2.25. The van der Waals surface area contributed by atoms with Crippen molar-refractivity contribution in [3.8, 4) is 0 Å². The molecule has 0 aromatic carbocycles. The van der Waals surface area contributed by atoms with Gasteiger partial charge in [0.1, 0.15) is 0 Å². The Morgan fingerprint density at radius 3 is 2.42 bits per heavy atom. The summed E-state index contributed by atoms with van der Waals surface area (Å²) in [5.74, 6) is 1.60. The zero-order valence-corrected chi connectivity index (χ0v) is 8.34. The van der Waals surface area contributed by atoms with E-state index < -0.39 is 0 Å². The molecule has 2 heteroatoms. The van der Waals surface area contributed by atoms with E-state index in [-0.39, 0.29) is 0 Å². The van der Waals surface area contributed by atoms with Crippen molar-refractivity contribution in [3.05, 3.63) is 0 Å². The van der Waals surface area contributed by atoms with Gasteiger partial charge in [0.2, 0.25) is 0 Å². The van der Waals surface area contributed by atoms with Crippen LogP contribution in [0.5, 0.6) is 0 Å². The molecule has 1 fully saturated rings. The van der Waals surface area contributed by atoms with Crippen molar-refractivity contribution in [1.82, 2.24) is 5.32 Å². The van der Waals surface area contributed by atoms with Crippen LogP contribution < -0.4 is 11.1 Å². The molecule has 0 aromatic rings. The van der Waals surface area contributed by atoms with Gasteiger partial charge in [0, 0.05) is 12.6 Å². The maximum absolute atomic E-state index is 5.66. The summed E-state index contributed by atoms with van der Waals surface area (Å²) >= 11 is 0. The average molecular weight is 170 g/mol. The summed E-state index contributed by atoms with van der Waals surface area (Å²) in [6.45, 7) is 6.40. The predicted molar refractivity (Wildman–Crippen MR) is 53.0 cm³/mol. The van der Waals surface area contributed by atoms with Crippen LogP contribution in [0.25, 0.3) is 0 Å². The molecule has 0 heterocycles. The van der Waals surface area contributed by atoms with Crippen LogP contribution in [-0.2, 0) is 0 Å². The van der Waals surface area contributed by atoms with Gasteiger partial charge in [-0.15, -0.1) is 0 Å². The van der Waals surface area contributed by atoms with Crippen LogP contribution in [0.15, 0.2) is 0 Å². The van der Waals surface area contributed by atoms with Gasteiger partial charge in [-0.25, -0.2) is 0 Å². The van der Waals surface area contributed by atoms with Crippen LogP contribution in [0.1, 0.15) is 33.1 Å². The standard InChI is InChI=1S/C10H22N2/c1-8(2)10(6-11)12-7-9-4-3-5-9/h8-10,12H,3-7,11H2,1-2H3. The molecule has 1 unspecified atom stereocenters. The van der Waals surface area contributed by atoms with Crippen molar-refractivity contribution < 1.29 is 0 Å². The van der Waals surface area contributed by atoms with Crippen molar-refractivity contribution in [2.24, 2.45) is 17.6 Å². The molecule has 1 saturated carbocycles. The van der Waals surface area contributed by atoms with Gasteiger partial charge >= 0.3 is 0 Å². The number of hydrogen-bond donors (Lipinski definition) is 2. The molecular weight excluding hydrogens is 148 g/mol. The Morgan fingerprint density at radius 2 is 2.08 bits per heavy atom. The molecule has 1 aliphatic rings. The van der Waals surface area contributed by atoms with Crippen molar-refractivity contribution in [3.63, 3.8) is 0 Å². The quantitative estimate of drug-likeness (QED) is 0.654.